The SMILES string of the molecule is Cc1c(C23c4ccccc4C(=O)C2C(c2ccccc2)c2c(C)c4ccccc4n23)[nH]c2ccccc12. The van der Waals surface area contributed by atoms with E-state index in [1.54, 1.807) is 0 Å². The van der Waals surface area contributed by atoms with Crippen molar-refractivity contribution in [2.75, 3.05) is 0 Å². The minimum absolute atomic E-state index is 0.0562. The summed E-state index contributed by atoms with van der Waals surface area (Å²) in [5.41, 5.74) is 9.59. The minimum atomic E-state index is -0.666. The van der Waals surface area contributed by atoms with Crippen molar-refractivity contribution in [3.8, 4) is 0 Å². The van der Waals surface area contributed by atoms with Gasteiger partial charge in [0.1, 0.15) is 5.54 Å². The maximum Gasteiger partial charge on any atom is 0.170 e. The molecular formula is C34H26N2O. The Balaban J connectivity index is 1.62. The molecule has 3 atom stereocenters. The highest BCUT2D eigenvalue weighted by atomic mass is 16.1. The van der Waals surface area contributed by atoms with E-state index in [0.717, 1.165) is 22.3 Å². The number of hydrogen-bond donors (Lipinski definition) is 1. The third-order valence-corrected chi connectivity index (χ3v) is 9.00. The Morgan fingerprint density at radius 2 is 1.41 bits per heavy atom. The summed E-state index contributed by atoms with van der Waals surface area (Å²) in [5, 5.41) is 2.46. The van der Waals surface area contributed by atoms with Gasteiger partial charge in [0.15, 0.2) is 5.78 Å². The summed E-state index contributed by atoms with van der Waals surface area (Å²) in [4.78, 5) is 18.4. The first-order valence-electron chi connectivity index (χ1n) is 13.0. The highest BCUT2D eigenvalue weighted by Gasteiger charge is 2.64. The van der Waals surface area contributed by atoms with Gasteiger partial charge >= 0.3 is 0 Å². The lowest BCUT2D eigenvalue weighted by molar-refractivity contribution is 0.0895. The number of carbonyl (C=O) groups excluding carboxylic acids is 1. The van der Waals surface area contributed by atoms with Gasteiger partial charge in [-0.3, -0.25) is 4.79 Å². The van der Waals surface area contributed by atoms with E-state index in [4.69, 9.17) is 0 Å². The second-order valence-electron chi connectivity index (χ2n) is 10.6. The van der Waals surface area contributed by atoms with E-state index < -0.39 is 5.54 Å². The number of ketones is 1. The molecule has 178 valence electrons. The van der Waals surface area contributed by atoms with Crippen LogP contribution in [-0.2, 0) is 5.54 Å². The first-order valence-corrected chi connectivity index (χ1v) is 13.0. The quantitative estimate of drug-likeness (QED) is 0.275. The summed E-state index contributed by atoms with van der Waals surface area (Å²) in [6.45, 7) is 4.44. The molecule has 1 N–H and O–H groups in total. The molecule has 6 aromatic rings. The smallest absolute Gasteiger partial charge is 0.170 e. The topological polar surface area (TPSA) is 37.8 Å². The molecule has 1 aliphatic carbocycles. The van der Waals surface area contributed by atoms with Gasteiger partial charge < -0.3 is 9.55 Å². The van der Waals surface area contributed by atoms with Gasteiger partial charge in [0.05, 0.1) is 11.6 Å². The molecule has 3 heterocycles. The molecule has 0 fully saturated rings. The van der Waals surface area contributed by atoms with Crippen LogP contribution < -0.4 is 0 Å². The molecule has 0 bridgehead atoms. The van der Waals surface area contributed by atoms with Crippen molar-refractivity contribution in [3.05, 3.63) is 142 Å². The third-order valence-electron chi connectivity index (χ3n) is 9.00. The Hall–Kier alpha value is -4.37. The Bertz CT molecular complexity index is 1890. The number of aromatic nitrogens is 2. The van der Waals surface area contributed by atoms with Crippen molar-refractivity contribution in [3.63, 3.8) is 0 Å². The van der Waals surface area contributed by atoms with E-state index in [1.165, 1.54) is 38.7 Å². The number of aromatic amines is 1. The Labute approximate surface area is 215 Å². The van der Waals surface area contributed by atoms with Crippen molar-refractivity contribution in [2.24, 2.45) is 5.92 Å². The molecular weight excluding hydrogens is 452 g/mol. The molecule has 2 aromatic heterocycles. The molecule has 0 saturated heterocycles. The molecule has 4 aromatic carbocycles. The Morgan fingerprint density at radius 3 is 2.22 bits per heavy atom. The number of nitrogens with one attached hydrogen (secondary N) is 1. The fourth-order valence-corrected chi connectivity index (χ4v) is 7.61. The van der Waals surface area contributed by atoms with Crippen LogP contribution in [0.25, 0.3) is 21.8 Å². The minimum Gasteiger partial charge on any atom is -0.356 e. The van der Waals surface area contributed by atoms with E-state index >= 15 is 0 Å². The molecule has 0 saturated carbocycles. The first kappa shape index (κ1) is 20.8. The number of fused-ring (bicyclic) bond motifs is 8. The number of H-pyrrole nitrogens is 1. The molecule has 3 unspecified atom stereocenters. The Morgan fingerprint density at radius 1 is 0.730 bits per heavy atom. The summed E-state index contributed by atoms with van der Waals surface area (Å²) < 4.78 is 2.53. The number of hydrogen-bond acceptors (Lipinski definition) is 1. The normalized spacial score (nSPS) is 21.9. The maximum absolute atomic E-state index is 14.6. The van der Waals surface area contributed by atoms with Crippen LogP contribution in [0.3, 0.4) is 0 Å². The van der Waals surface area contributed by atoms with E-state index in [9.17, 15) is 4.79 Å². The van der Waals surface area contributed by atoms with E-state index in [1.807, 2.05) is 12.1 Å². The lowest BCUT2D eigenvalue weighted by Crippen LogP contribution is -2.39. The molecule has 2 aliphatic rings. The molecule has 0 amide bonds. The number of carbonyl (C=O) groups is 1. The number of aryl methyl sites for hydroxylation is 2. The van der Waals surface area contributed by atoms with Crippen molar-refractivity contribution < 1.29 is 4.79 Å². The lowest BCUT2D eigenvalue weighted by atomic mass is 9.72. The average Bonchev–Trinajstić information content (AvgIpc) is 3.62. The maximum atomic E-state index is 14.6. The van der Waals surface area contributed by atoms with E-state index in [0.29, 0.717) is 0 Å². The fraction of sp³-hybridized carbons (Fsp3) is 0.147. The van der Waals surface area contributed by atoms with Crippen LogP contribution in [0.1, 0.15) is 49.9 Å². The van der Waals surface area contributed by atoms with Gasteiger partial charge in [-0.1, -0.05) is 91.0 Å². The number of benzene rings is 4. The van der Waals surface area contributed by atoms with E-state index in [2.05, 4.69) is 114 Å². The second-order valence-corrected chi connectivity index (χ2v) is 10.6. The van der Waals surface area contributed by atoms with Crippen molar-refractivity contribution in [2.45, 2.75) is 25.3 Å². The lowest BCUT2D eigenvalue weighted by Gasteiger charge is -2.34. The highest BCUT2D eigenvalue weighted by Crippen LogP contribution is 2.63. The van der Waals surface area contributed by atoms with Crippen LogP contribution in [0.15, 0.2) is 103 Å². The van der Waals surface area contributed by atoms with Crippen molar-refractivity contribution >= 4 is 27.6 Å². The zero-order valence-corrected chi connectivity index (χ0v) is 20.8. The number of rotatable bonds is 2. The van der Waals surface area contributed by atoms with Crippen molar-refractivity contribution in [1.82, 2.24) is 9.55 Å². The first-order chi connectivity index (χ1) is 18.1. The molecule has 0 spiro atoms. The zero-order valence-electron chi connectivity index (χ0n) is 20.8. The molecule has 37 heavy (non-hydrogen) atoms. The van der Waals surface area contributed by atoms with Gasteiger partial charge in [-0.15, -0.1) is 0 Å². The van der Waals surface area contributed by atoms with Gasteiger partial charge in [-0.2, -0.15) is 0 Å². The zero-order chi connectivity index (χ0) is 24.9. The van der Waals surface area contributed by atoms with Crippen LogP contribution >= 0.6 is 0 Å². The number of nitrogens with zero attached hydrogens (tertiary/aromatic N) is 1. The van der Waals surface area contributed by atoms with Crippen LogP contribution in [0.4, 0.5) is 0 Å². The molecule has 3 heteroatoms. The second kappa shape index (κ2) is 7.10. The molecule has 8 rings (SSSR count). The summed E-state index contributed by atoms with van der Waals surface area (Å²) in [7, 11) is 0. The van der Waals surface area contributed by atoms with Gasteiger partial charge in [0.2, 0.25) is 0 Å². The van der Waals surface area contributed by atoms with Crippen LogP contribution in [0.2, 0.25) is 0 Å². The highest BCUT2D eigenvalue weighted by molar-refractivity contribution is 6.08. The number of para-hydroxylation sites is 2. The molecule has 0 radical (unpaired) electrons. The van der Waals surface area contributed by atoms with Crippen LogP contribution in [-0.4, -0.2) is 15.3 Å². The monoisotopic (exact) mass is 478 g/mol. The molecule has 3 nitrogen and oxygen atoms in total. The predicted octanol–water partition coefficient (Wildman–Crippen LogP) is 7.49. The van der Waals surface area contributed by atoms with Gasteiger partial charge in [-0.25, -0.2) is 0 Å². The summed E-state index contributed by atoms with van der Waals surface area (Å²) in [5.74, 6) is -0.105. The fourth-order valence-electron chi connectivity index (χ4n) is 7.61. The standard InChI is InChI=1S/C34H26N2O/c1-20-24-15-8-11-19-28(24)36-31(20)29(22-12-4-3-5-13-22)30-32(37)25-16-6-9-17-26(25)34(30,36)33-21(2)23-14-7-10-18-27(23)35-33/h3-19,29-30,35H,1-2H3. The van der Waals surface area contributed by atoms with E-state index in [-0.39, 0.29) is 17.6 Å². The van der Waals surface area contributed by atoms with Crippen molar-refractivity contribution in [1.29, 1.82) is 0 Å². The van der Waals surface area contributed by atoms with Gasteiger partial charge in [-0.05, 0) is 48.2 Å². The van der Waals surface area contributed by atoms with Gasteiger partial charge in [0.25, 0.3) is 0 Å². The number of Topliss-reactive ketones (excluding diaryl/α,β-unsaturated/α-hetero) is 1. The molecule has 1 aliphatic heterocycles. The average molecular weight is 479 g/mol. The third kappa shape index (κ3) is 2.35. The largest absolute Gasteiger partial charge is 0.356 e. The van der Waals surface area contributed by atoms with Gasteiger partial charge in [0, 0.05) is 39.0 Å². The summed E-state index contributed by atoms with van der Waals surface area (Å²) in [6.07, 6.45) is 0. The summed E-state index contributed by atoms with van der Waals surface area (Å²) in [6, 6.07) is 36.1. The Kier molecular flexibility index (Phi) is 3.99. The van der Waals surface area contributed by atoms with Crippen LogP contribution in [0.5, 0.6) is 0 Å². The van der Waals surface area contributed by atoms with Crippen LogP contribution in [0, 0.1) is 19.8 Å². The predicted molar refractivity (Wildman–Crippen MR) is 148 cm³/mol. The summed E-state index contributed by atoms with van der Waals surface area (Å²) >= 11 is 0.